The van der Waals surface area contributed by atoms with E-state index in [4.69, 9.17) is 66.3 Å². The zero-order chi connectivity index (χ0) is 64.9. The van der Waals surface area contributed by atoms with Crippen molar-refractivity contribution in [1.29, 1.82) is 0 Å². The monoisotopic (exact) mass is 1300 g/mol. The molecule has 35 atom stereocenters. The van der Waals surface area contributed by atoms with Gasteiger partial charge in [-0.05, 0) is 12.1 Å². The van der Waals surface area contributed by atoms with Crippen molar-refractivity contribution in [1.82, 2.24) is 10.3 Å². The molecule has 1 amide bonds. The Morgan fingerprint density at radius 1 is 0.333 bits per heavy atom. The van der Waals surface area contributed by atoms with E-state index in [1.165, 1.54) is 24.3 Å². The number of carbonyl (C=O) groups is 1. The van der Waals surface area contributed by atoms with E-state index in [1.54, 1.807) is 6.07 Å². The summed E-state index contributed by atoms with van der Waals surface area (Å²) in [5, 5.41) is 238. The number of nitrogens with one attached hydrogen (secondary N) is 1. The zero-order valence-electron chi connectivity index (χ0n) is 47.0. The molecule has 2 aromatic rings. The first-order valence-electron chi connectivity index (χ1n) is 28.7. The summed E-state index contributed by atoms with van der Waals surface area (Å²) in [4.78, 5) is 17.9. The third kappa shape index (κ3) is 13.6. The molecule has 22 heterocycles. The second-order valence-electron chi connectivity index (χ2n) is 22.7. The highest BCUT2D eigenvalue weighted by atomic mass is 16.8. The van der Waals surface area contributed by atoms with Crippen LogP contribution in [-0.2, 0) is 66.3 Å². The van der Waals surface area contributed by atoms with Crippen LogP contribution in [0.4, 0.5) is 0 Å². The summed E-state index contributed by atoms with van der Waals surface area (Å²) in [6, 6.07) is 7.22. The number of aliphatic hydroxyl groups excluding tert-OH is 20. The van der Waals surface area contributed by atoms with Crippen LogP contribution in [0.15, 0.2) is 30.3 Å². The number of pyridine rings is 1. The molecule has 510 valence electrons. The maximum Gasteiger partial charge on any atom is 0.269 e. The lowest BCUT2D eigenvalue weighted by Crippen LogP contribution is -2.68. The molecule has 0 unspecified atom stereocenters. The molecule has 21 aliphatic rings. The van der Waals surface area contributed by atoms with E-state index >= 15 is 0 Å². The van der Waals surface area contributed by atoms with Gasteiger partial charge in [0.15, 0.2) is 44.0 Å². The molecule has 0 radical (unpaired) electrons. The summed E-state index contributed by atoms with van der Waals surface area (Å²) >= 11 is 0. The van der Waals surface area contributed by atoms with Crippen LogP contribution < -0.4 is 5.32 Å². The van der Waals surface area contributed by atoms with Gasteiger partial charge in [-0.2, -0.15) is 0 Å². The number of para-hydroxylation sites is 1. The van der Waals surface area contributed by atoms with Crippen molar-refractivity contribution in [3.05, 3.63) is 36.0 Å². The number of fused-ring (bicyclic) bond motifs is 1. The molecule has 0 aliphatic carbocycles. The first-order chi connectivity index (χ1) is 43.0. The second kappa shape index (κ2) is 29.3. The molecule has 38 nitrogen and oxygen atoms in total. The molecule has 14 bridgehead atoms. The zero-order valence-corrected chi connectivity index (χ0v) is 47.0. The van der Waals surface area contributed by atoms with E-state index in [2.05, 4.69) is 10.3 Å². The van der Waals surface area contributed by atoms with Crippen molar-refractivity contribution in [2.24, 2.45) is 0 Å². The predicted molar refractivity (Wildman–Crippen MR) is 277 cm³/mol. The van der Waals surface area contributed by atoms with Crippen LogP contribution in [0.1, 0.15) is 10.5 Å². The van der Waals surface area contributed by atoms with Gasteiger partial charge in [-0.15, -0.1) is 0 Å². The summed E-state index contributed by atoms with van der Waals surface area (Å²) in [6.45, 7) is -7.22. The molecule has 23 rings (SSSR count). The molecule has 0 spiro atoms. The first-order valence-corrected chi connectivity index (χ1v) is 28.7. The van der Waals surface area contributed by atoms with Crippen molar-refractivity contribution in [2.45, 2.75) is 215 Å². The predicted octanol–water partition coefficient (Wildman–Crippen LogP) is -13.5. The second-order valence-corrected chi connectivity index (χ2v) is 22.7. The summed E-state index contributed by atoms with van der Waals surface area (Å²) < 4.78 is 81.1. The summed E-state index contributed by atoms with van der Waals surface area (Å²) in [5.74, 6) is -1.22. The number of hydrogen-bond donors (Lipinski definition) is 22. The lowest BCUT2D eigenvalue weighted by atomic mass is 9.95. The van der Waals surface area contributed by atoms with Gasteiger partial charge in [-0.3, -0.25) is 4.79 Å². The third-order valence-electron chi connectivity index (χ3n) is 17.0. The quantitative estimate of drug-likeness (QED) is 0.111. The number of benzene rings is 1. The lowest BCUT2D eigenvalue weighted by Gasteiger charge is -2.50. The van der Waals surface area contributed by atoms with Gasteiger partial charge in [0, 0.05) is 11.9 Å². The largest absolute Gasteiger partial charge is 0.506 e. The Morgan fingerprint density at radius 2 is 0.578 bits per heavy atom. The van der Waals surface area contributed by atoms with Crippen molar-refractivity contribution in [2.75, 3.05) is 46.2 Å². The van der Waals surface area contributed by atoms with Crippen LogP contribution in [0.2, 0.25) is 0 Å². The Bertz CT molecular complexity index is 2640. The topological polar surface area (TPSA) is 596 Å². The highest BCUT2D eigenvalue weighted by Gasteiger charge is 2.59. The van der Waals surface area contributed by atoms with Crippen LogP contribution in [-0.4, -0.2) is 379 Å². The average Bonchev–Trinajstić information content (AvgIpc) is 0.837. The fourth-order valence-electron chi connectivity index (χ4n) is 12.0. The van der Waals surface area contributed by atoms with Gasteiger partial charge < -0.3 is 179 Å². The number of aromatic nitrogens is 1. The molecular formula is C52H76N2O36. The number of hydrogen-bond acceptors (Lipinski definition) is 37. The highest BCUT2D eigenvalue weighted by Crippen LogP contribution is 2.39. The molecule has 90 heavy (non-hydrogen) atoms. The van der Waals surface area contributed by atoms with E-state index in [-0.39, 0.29) is 17.0 Å². The molecule has 21 saturated heterocycles. The number of phenolic OH excluding ortho intramolecular Hbond substituents is 1. The number of aromatic hydroxyl groups is 1. The van der Waals surface area contributed by atoms with Crippen LogP contribution in [0.5, 0.6) is 5.75 Å². The number of ether oxygens (including phenoxy) is 14. The molecule has 1 aromatic heterocycles. The van der Waals surface area contributed by atoms with E-state index in [0.717, 1.165) is 0 Å². The van der Waals surface area contributed by atoms with E-state index in [9.17, 15) is 112 Å². The maximum atomic E-state index is 13.7. The number of phenols is 1. The molecule has 38 heteroatoms. The van der Waals surface area contributed by atoms with E-state index in [1.807, 2.05) is 0 Å². The average molecular weight is 1310 g/mol. The van der Waals surface area contributed by atoms with Gasteiger partial charge in [-0.25, -0.2) is 4.98 Å². The van der Waals surface area contributed by atoms with Gasteiger partial charge in [0.2, 0.25) is 0 Å². The molecule has 1 aromatic carbocycles. The van der Waals surface area contributed by atoms with E-state index < -0.39 is 267 Å². The third-order valence-corrected chi connectivity index (χ3v) is 17.0. The standard InChI is InChI=1S/C52H76N2O36/c55-7-17-39-26(64)33(71)48(79-17)87-41-19(9-57)81-50(35(73)28(41)66)89-43-21(11-59)83-52(37(75)30(43)68)90-44-22(12-60)82-51(36(74)29(44)67)88-42-20(10-58)80-49(34(72)27(42)65)86-40-18(8-56)78-47(32(70)25(40)63)84-38-16(77-46(85-39)31(69)24(38)62)6-53-45(76)14-5-4-13-2-1-3-15(61)23(13)54-14/h1-5,16-22,24-44,46-52,55-75H,6-12H2,(H,53,76)/t16-,17-,18-,19-,20-,21-,22-,24-,25-,26-,27-,28-,29-,30-,31-,32-,33-,34-,35-,36-,37-,38-,39-,40-,41-,42-,43-,44-,46-,47-,48-,49-,50-,51-,52-/m1/s1. The minimum atomic E-state index is -2.30. The summed E-state index contributed by atoms with van der Waals surface area (Å²) in [7, 11) is 0. The minimum absolute atomic E-state index is 0.0277. The van der Waals surface area contributed by atoms with Crippen molar-refractivity contribution >= 4 is 16.8 Å². The SMILES string of the molecule is O=C(NC[C@H]1O[C@@H]2O[C@H]3[C@H](O)[C@@H](O)[C@@H](O[C@H]4[C@H](O)[C@@H](O)[C@@H](O[C@H]5[C@H](O)[C@@H](O)[C@@H](O[C@H]6[C@H](O)[C@@H](O)[C@@H](O[C@H]7[C@H](O)[C@@H](O)[C@@H](O[C@H]8[C@H](O)[C@@H](O)[C@@H](O[C@H]1[C@H](O)[C@H]2O)O[C@@H]8CO)O[C@@H]7CO)O[C@@H]6CO)O[C@@H]5CO)O[C@@H]4CO)O[C@@H]3CO)c1ccc2cccc(O)c2n1. The molecule has 21 fully saturated rings. The smallest absolute Gasteiger partial charge is 0.269 e. The van der Waals surface area contributed by atoms with Crippen molar-refractivity contribution in [3.63, 3.8) is 0 Å². The van der Waals surface area contributed by atoms with Crippen molar-refractivity contribution < 1.29 is 178 Å². The van der Waals surface area contributed by atoms with Crippen molar-refractivity contribution in [3.8, 4) is 5.75 Å². The number of carbonyl (C=O) groups excluding carboxylic acids is 1. The summed E-state index contributed by atoms with van der Waals surface area (Å²) in [5.41, 5.74) is -0.241. The highest BCUT2D eigenvalue weighted by molar-refractivity contribution is 5.95. The number of aliphatic hydroxyl groups is 20. The minimum Gasteiger partial charge on any atom is -0.506 e. The van der Waals surface area contributed by atoms with Crippen LogP contribution in [0.3, 0.4) is 0 Å². The number of rotatable bonds is 9. The Balaban J connectivity index is 0.951. The number of amides is 1. The van der Waals surface area contributed by atoms with Crippen LogP contribution in [0, 0.1) is 0 Å². The normalized spacial score (nSPS) is 49.0. The Morgan fingerprint density at radius 3 is 0.833 bits per heavy atom. The van der Waals surface area contributed by atoms with Gasteiger partial charge in [0.05, 0.1) is 39.6 Å². The maximum absolute atomic E-state index is 13.7. The van der Waals surface area contributed by atoms with Gasteiger partial charge >= 0.3 is 0 Å². The Kier molecular flexibility index (Phi) is 22.6. The first kappa shape index (κ1) is 69.4. The molecule has 0 saturated carbocycles. The lowest BCUT2D eigenvalue weighted by molar-refractivity contribution is -0.396. The van der Waals surface area contributed by atoms with E-state index in [0.29, 0.717) is 5.39 Å². The fourth-order valence-corrected chi connectivity index (χ4v) is 12.0. The fraction of sp³-hybridized carbons (Fsp3) is 0.808. The van der Waals surface area contributed by atoms with Gasteiger partial charge in [0.1, 0.15) is 188 Å². The molecular weight excluding hydrogens is 1230 g/mol. The van der Waals surface area contributed by atoms with Gasteiger partial charge in [-0.1, -0.05) is 18.2 Å². The summed E-state index contributed by atoms with van der Waals surface area (Å²) in [6.07, 6.45) is -72.1. The molecule has 22 N–H and O–H groups in total. The Hall–Kier alpha value is -3.46. The number of nitrogens with zero attached hydrogens (tertiary/aromatic N) is 1. The van der Waals surface area contributed by atoms with Gasteiger partial charge in [0.25, 0.3) is 5.91 Å². The molecule has 21 aliphatic heterocycles. The van der Waals surface area contributed by atoms with Crippen LogP contribution >= 0.6 is 0 Å². The van der Waals surface area contributed by atoms with Crippen LogP contribution in [0.25, 0.3) is 10.9 Å². The Labute approximate surface area is 507 Å².